The Hall–Kier alpha value is -2.58. The summed E-state index contributed by atoms with van der Waals surface area (Å²) >= 11 is 1.96. The Labute approximate surface area is 189 Å². The van der Waals surface area contributed by atoms with Crippen LogP contribution in [0.25, 0.3) is 21.2 Å². The van der Waals surface area contributed by atoms with E-state index in [1.54, 1.807) is 4.88 Å². The van der Waals surface area contributed by atoms with Gasteiger partial charge in [0.2, 0.25) is 0 Å². The van der Waals surface area contributed by atoms with E-state index in [2.05, 4.69) is 79.7 Å². The zero-order valence-corrected chi connectivity index (χ0v) is 19.3. The molecular formula is C29H30OS. The van der Waals surface area contributed by atoms with Gasteiger partial charge in [-0.05, 0) is 97.7 Å². The van der Waals surface area contributed by atoms with Crippen molar-refractivity contribution in [3.8, 4) is 16.9 Å². The van der Waals surface area contributed by atoms with E-state index in [0.717, 1.165) is 12.4 Å². The minimum absolute atomic E-state index is 0.697. The van der Waals surface area contributed by atoms with Crippen LogP contribution in [0.4, 0.5) is 0 Å². The lowest BCUT2D eigenvalue weighted by Crippen LogP contribution is -2.11. The molecule has 31 heavy (non-hydrogen) atoms. The molecule has 1 aliphatic carbocycles. The highest BCUT2D eigenvalue weighted by Crippen LogP contribution is 2.44. The number of ether oxygens (including phenoxy) is 1. The molecule has 0 saturated heterocycles. The number of rotatable bonds is 5. The molecule has 0 bridgehead atoms. The molecule has 158 valence electrons. The number of fused-ring (bicyclic) bond motifs is 1. The van der Waals surface area contributed by atoms with Crippen LogP contribution in [-0.2, 0) is 0 Å². The molecule has 0 spiro atoms. The molecule has 4 aromatic rings. The molecule has 1 aromatic heterocycles. The predicted molar refractivity (Wildman–Crippen MR) is 134 cm³/mol. The van der Waals surface area contributed by atoms with Crippen LogP contribution in [0, 0.1) is 6.92 Å². The van der Waals surface area contributed by atoms with Gasteiger partial charge in [-0.1, -0.05) is 54.1 Å². The van der Waals surface area contributed by atoms with Crippen molar-refractivity contribution >= 4 is 21.4 Å². The first-order valence-corrected chi connectivity index (χ1v) is 12.3. The van der Waals surface area contributed by atoms with Crippen molar-refractivity contribution in [3.05, 3.63) is 88.8 Å². The Morgan fingerprint density at radius 3 is 2.10 bits per heavy atom. The predicted octanol–water partition coefficient (Wildman–Crippen LogP) is 8.72. The molecular weight excluding hydrogens is 396 g/mol. The van der Waals surface area contributed by atoms with E-state index in [-0.39, 0.29) is 0 Å². The van der Waals surface area contributed by atoms with Crippen LogP contribution in [0.5, 0.6) is 5.75 Å². The van der Waals surface area contributed by atoms with E-state index in [1.807, 2.05) is 18.3 Å². The molecule has 0 unspecified atom stereocenters. The molecule has 1 aliphatic rings. The summed E-state index contributed by atoms with van der Waals surface area (Å²) < 4.78 is 7.04. The maximum absolute atomic E-state index is 5.68. The number of thiophene rings is 1. The summed E-state index contributed by atoms with van der Waals surface area (Å²) in [6.07, 6.45) is 5.14. The first kappa shape index (κ1) is 20.3. The largest absolute Gasteiger partial charge is 0.494 e. The lowest BCUT2D eigenvalue weighted by atomic mass is 9.78. The lowest BCUT2D eigenvalue weighted by Gasteiger charge is -2.28. The Bertz CT molecular complexity index is 1150. The fourth-order valence-corrected chi connectivity index (χ4v) is 6.16. The van der Waals surface area contributed by atoms with Gasteiger partial charge in [0.05, 0.1) is 6.61 Å². The minimum Gasteiger partial charge on any atom is -0.494 e. The third kappa shape index (κ3) is 4.41. The van der Waals surface area contributed by atoms with E-state index in [1.165, 1.54) is 58.0 Å². The van der Waals surface area contributed by atoms with Crippen molar-refractivity contribution in [1.29, 1.82) is 0 Å². The number of benzene rings is 3. The van der Waals surface area contributed by atoms with Crippen LogP contribution in [0.1, 0.15) is 60.4 Å². The molecule has 1 nitrogen and oxygen atoms in total. The second-order valence-corrected chi connectivity index (χ2v) is 9.93. The highest BCUT2D eigenvalue weighted by Gasteiger charge is 2.24. The van der Waals surface area contributed by atoms with Gasteiger partial charge in [0.15, 0.2) is 0 Å². The Morgan fingerprint density at radius 1 is 0.774 bits per heavy atom. The van der Waals surface area contributed by atoms with E-state index in [0.29, 0.717) is 11.8 Å². The van der Waals surface area contributed by atoms with Crippen molar-refractivity contribution < 1.29 is 4.74 Å². The van der Waals surface area contributed by atoms with Gasteiger partial charge >= 0.3 is 0 Å². The van der Waals surface area contributed by atoms with Gasteiger partial charge in [-0.25, -0.2) is 0 Å². The van der Waals surface area contributed by atoms with Crippen molar-refractivity contribution in [3.63, 3.8) is 0 Å². The highest BCUT2D eigenvalue weighted by atomic mass is 32.1. The van der Waals surface area contributed by atoms with Crippen LogP contribution in [0.3, 0.4) is 0 Å². The van der Waals surface area contributed by atoms with Crippen LogP contribution in [0.15, 0.2) is 72.8 Å². The standard InChI is InChI=1S/C29H30OS/c1-3-30-27-17-16-26-18-28(31-29(26)19-27)25-14-12-24(13-15-25)23-10-8-22(9-11-23)21-6-4-20(2)5-7-21/h4-11,16-19,24-25H,3,12-15H2,1-2H3. The summed E-state index contributed by atoms with van der Waals surface area (Å²) in [5.41, 5.74) is 5.43. The molecule has 0 radical (unpaired) electrons. The molecule has 5 rings (SSSR count). The highest BCUT2D eigenvalue weighted by molar-refractivity contribution is 7.19. The molecule has 0 N–H and O–H groups in total. The number of hydrogen-bond donors (Lipinski definition) is 0. The maximum Gasteiger partial charge on any atom is 0.120 e. The summed E-state index contributed by atoms with van der Waals surface area (Å²) in [6.45, 7) is 4.90. The molecule has 2 heteroatoms. The molecule has 0 atom stereocenters. The van der Waals surface area contributed by atoms with Crippen LogP contribution in [-0.4, -0.2) is 6.61 Å². The van der Waals surface area contributed by atoms with Crippen molar-refractivity contribution in [2.45, 2.75) is 51.4 Å². The Kier molecular flexibility index (Phi) is 5.82. The van der Waals surface area contributed by atoms with E-state index in [4.69, 9.17) is 4.74 Å². The minimum atomic E-state index is 0.697. The summed E-state index contributed by atoms with van der Waals surface area (Å²) in [5.74, 6) is 2.39. The van der Waals surface area contributed by atoms with E-state index in [9.17, 15) is 0 Å². The van der Waals surface area contributed by atoms with Crippen LogP contribution in [0.2, 0.25) is 0 Å². The second kappa shape index (κ2) is 8.88. The number of hydrogen-bond acceptors (Lipinski definition) is 2. The van der Waals surface area contributed by atoms with Crippen LogP contribution < -0.4 is 4.74 Å². The average molecular weight is 427 g/mol. The maximum atomic E-state index is 5.68. The first-order valence-electron chi connectivity index (χ1n) is 11.5. The van der Waals surface area contributed by atoms with Crippen LogP contribution >= 0.6 is 11.3 Å². The topological polar surface area (TPSA) is 9.23 Å². The second-order valence-electron chi connectivity index (χ2n) is 8.82. The lowest BCUT2D eigenvalue weighted by molar-refractivity contribution is 0.341. The SMILES string of the molecule is CCOc1ccc2cc(C3CCC(c4ccc(-c5ccc(C)cc5)cc4)CC3)sc2c1. The van der Waals surface area contributed by atoms with Gasteiger partial charge in [-0.2, -0.15) is 0 Å². The molecule has 1 saturated carbocycles. The third-order valence-corrected chi connectivity index (χ3v) is 7.98. The van der Waals surface area contributed by atoms with E-state index < -0.39 is 0 Å². The molecule has 1 fully saturated rings. The smallest absolute Gasteiger partial charge is 0.120 e. The summed E-state index contributed by atoms with van der Waals surface area (Å²) in [7, 11) is 0. The van der Waals surface area contributed by atoms with Crippen molar-refractivity contribution in [2.24, 2.45) is 0 Å². The van der Waals surface area contributed by atoms with Gasteiger partial charge in [-0.15, -0.1) is 11.3 Å². The quantitative estimate of drug-likeness (QED) is 0.310. The fourth-order valence-electron chi connectivity index (χ4n) is 4.89. The Balaban J connectivity index is 1.25. The van der Waals surface area contributed by atoms with Gasteiger partial charge in [0.25, 0.3) is 0 Å². The average Bonchev–Trinajstić information content (AvgIpc) is 3.24. The third-order valence-electron chi connectivity index (χ3n) is 6.72. The summed E-state index contributed by atoms with van der Waals surface area (Å²) in [5, 5.41) is 1.36. The normalized spacial score (nSPS) is 18.9. The Morgan fingerprint density at radius 2 is 1.42 bits per heavy atom. The van der Waals surface area contributed by atoms with Crippen molar-refractivity contribution in [2.75, 3.05) is 6.61 Å². The summed E-state index contributed by atoms with van der Waals surface area (Å²) in [4.78, 5) is 1.55. The molecule has 0 amide bonds. The first-order chi connectivity index (χ1) is 15.2. The monoisotopic (exact) mass is 426 g/mol. The molecule has 0 aliphatic heterocycles. The number of aryl methyl sites for hydroxylation is 1. The van der Waals surface area contributed by atoms with E-state index >= 15 is 0 Å². The van der Waals surface area contributed by atoms with Gasteiger partial charge < -0.3 is 4.74 Å². The molecule has 3 aromatic carbocycles. The van der Waals surface area contributed by atoms with Gasteiger partial charge in [-0.3, -0.25) is 0 Å². The van der Waals surface area contributed by atoms with Gasteiger partial charge in [0, 0.05) is 9.58 Å². The fraction of sp³-hybridized carbons (Fsp3) is 0.310. The zero-order valence-electron chi connectivity index (χ0n) is 18.4. The molecule has 1 heterocycles. The van der Waals surface area contributed by atoms with Gasteiger partial charge in [0.1, 0.15) is 5.75 Å². The van der Waals surface area contributed by atoms with Crippen molar-refractivity contribution in [1.82, 2.24) is 0 Å². The zero-order chi connectivity index (χ0) is 21.2. The summed E-state index contributed by atoms with van der Waals surface area (Å²) in [6, 6.07) is 27.1.